The molecule has 1 aromatic carbocycles. The monoisotopic (exact) mass is 281 g/mol. The van der Waals surface area contributed by atoms with Crippen LogP contribution >= 0.6 is 0 Å². The number of hydrogen-bond acceptors (Lipinski definition) is 2. The summed E-state index contributed by atoms with van der Waals surface area (Å²) in [5, 5.41) is 3.49. The van der Waals surface area contributed by atoms with Gasteiger partial charge in [-0.2, -0.15) is 0 Å². The Morgan fingerprint density at radius 3 is 2.85 bits per heavy atom. The molecule has 1 atom stereocenters. The molecule has 0 aliphatic heterocycles. The first-order chi connectivity index (χ1) is 9.76. The predicted octanol–water partition coefficient (Wildman–Crippen LogP) is 3.80. The van der Waals surface area contributed by atoms with E-state index in [-0.39, 0.29) is 5.82 Å². The van der Waals surface area contributed by atoms with Crippen molar-refractivity contribution in [3.63, 3.8) is 0 Å². The summed E-state index contributed by atoms with van der Waals surface area (Å²) in [6.07, 6.45) is 5.53. The van der Waals surface area contributed by atoms with Crippen LogP contribution in [0.4, 0.5) is 4.39 Å². The number of methoxy groups -OCH3 is 1. The van der Waals surface area contributed by atoms with Crippen molar-refractivity contribution in [1.82, 2.24) is 5.32 Å². The van der Waals surface area contributed by atoms with Crippen LogP contribution in [0.2, 0.25) is 0 Å². The summed E-state index contributed by atoms with van der Waals surface area (Å²) < 4.78 is 18.3. The van der Waals surface area contributed by atoms with Gasteiger partial charge in [0.1, 0.15) is 5.82 Å². The lowest BCUT2D eigenvalue weighted by Gasteiger charge is -2.18. The molecular weight excluding hydrogens is 253 g/mol. The van der Waals surface area contributed by atoms with Crippen LogP contribution in [0, 0.1) is 11.7 Å². The van der Waals surface area contributed by atoms with Gasteiger partial charge in [0.15, 0.2) is 0 Å². The van der Waals surface area contributed by atoms with Gasteiger partial charge in [0.05, 0.1) is 0 Å². The largest absolute Gasteiger partial charge is 0.385 e. The van der Waals surface area contributed by atoms with Crippen molar-refractivity contribution in [3.8, 4) is 0 Å². The molecule has 2 nitrogen and oxygen atoms in total. The fourth-order valence-electron chi connectivity index (χ4n) is 2.44. The maximum Gasteiger partial charge on any atom is 0.123 e. The molecular formula is C17H28FNO. The third-order valence-corrected chi connectivity index (χ3v) is 3.48. The normalized spacial score (nSPS) is 12.6. The highest BCUT2D eigenvalue weighted by atomic mass is 19.1. The predicted molar refractivity (Wildman–Crippen MR) is 82.5 cm³/mol. The maximum atomic E-state index is 13.2. The molecule has 0 aromatic heterocycles. The van der Waals surface area contributed by atoms with Crippen LogP contribution in [0.1, 0.15) is 38.2 Å². The van der Waals surface area contributed by atoms with Crippen molar-refractivity contribution in [3.05, 3.63) is 35.6 Å². The quantitative estimate of drug-likeness (QED) is 0.623. The van der Waals surface area contributed by atoms with Gasteiger partial charge in [-0.25, -0.2) is 4.39 Å². The summed E-state index contributed by atoms with van der Waals surface area (Å²) in [6, 6.07) is 6.98. The second-order valence-corrected chi connectivity index (χ2v) is 5.39. The Kier molecular flexibility index (Phi) is 9.25. The molecule has 0 aliphatic rings. The Morgan fingerprint density at radius 2 is 2.15 bits per heavy atom. The minimum absolute atomic E-state index is 0.137. The van der Waals surface area contributed by atoms with Crippen molar-refractivity contribution in [1.29, 1.82) is 0 Å². The van der Waals surface area contributed by atoms with E-state index >= 15 is 0 Å². The van der Waals surface area contributed by atoms with Crippen LogP contribution < -0.4 is 5.32 Å². The first kappa shape index (κ1) is 17.1. The Bertz CT molecular complexity index is 357. The molecule has 20 heavy (non-hydrogen) atoms. The zero-order chi connectivity index (χ0) is 14.6. The van der Waals surface area contributed by atoms with E-state index in [0.717, 1.165) is 50.9 Å². The van der Waals surface area contributed by atoms with E-state index in [0.29, 0.717) is 5.92 Å². The summed E-state index contributed by atoms with van der Waals surface area (Å²) in [5.74, 6) is 0.433. The molecule has 0 heterocycles. The van der Waals surface area contributed by atoms with Gasteiger partial charge < -0.3 is 10.1 Å². The molecule has 0 spiro atoms. The first-order valence-corrected chi connectivity index (χ1v) is 7.70. The molecule has 1 unspecified atom stereocenters. The number of rotatable bonds is 11. The second kappa shape index (κ2) is 10.8. The van der Waals surface area contributed by atoms with Crippen molar-refractivity contribution in [2.75, 3.05) is 26.8 Å². The topological polar surface area (TPSA) is 21.3 Å². The summed E-state index contributed by atoms with van der Waals surface area (Å²) in [5.41, 5.74) is 1.10. The molecule has 3 heteroatoms. The molecule has 0 saturated heterocycles. The van der Waals surface area contributed by atoms with Crippen molar-refractivity contribution < 1.29 is 9.13 Å². The van der Waals surface area contributed by atoms with Crippen LogP contribution in [0.15, 0.2) is 24.3 Å². The minimum atomic E-state index is -0.137. The van der Waals surface area contributed by atoms with Crippen LogP contribution in [-0.4, -0.2) is 26.8 Å². The number of halogens is 1. The summed E-state index contributed by atoms with van der Waals surface area (Å²) >= 11 is 0. The molecule has 0 fully saturated rings. The van der Waals surface area contributed by atoms with E-state index in [1.165, 1.54) is 12.5 Å². The Hall–Kier alpha value is -0.930. The smallest absolute Gasteiger partial charge is 0.123 e. The highest BCUT2D eigenvalue weighted by Gasteiger charge is 2.10. The van der Waals surface area contributed by atoms with Gasteiger partial charge in [0.25, 0.3) is 0 Å². The molecule has 0 aliphatic carbocycles. The maximum absolute atomic E-state index is 13.2. The van der Waals surface area contributed by atoms with Gasteiger partial charge in [-0.05, 0) is 62.4 Å². The van der Waals surface area contributed by atoms with Gasteiger partial charge in [0, 0.05) is 13.7 Å². The Labute approximate surface area is 122 Å². The lowest BCUT2D eigenvalue weighted by atomic mass is 9.94. The van der Waals surface area contributed by atoms with Gasteiger partial charge in [0.2, 0.25) is 0 Å². The van der Waals surface area contributed by atoms with E-state index in [2.05, 4.69) is 12.2 Å². The lowest BCUT2D eigenvalue weighted by Crippen LogP contribution is -2.25. The van der Waals surface area contributed by atoms with Crippen molar-refractivity contribution in [2.24, 2.45) is 5.92 Å². The number of unbranched alkanes of at least 4 members (excludes halogenated alkanes) is 1. The molecule has 0 amide bonds. The van der Waals surface area contributed by atoms with E-state index in [1.807, 2.05) is 6.07 Å². The van der Waals surface area contributed by atoms with E-state index in [1.54, 1.807) is 19.2 Å². The summed E-state index contributed by atoms with van der Waals surface area (Å²) in [6.45, 7) is 5.07. The van der Waals surface area contributed by atoms with Crippen LogP contribution in [0.5, 0.6) is 0 Å². The number of nitrogens with one attached hydrogen (secondary N) is 1. The highest BCUT2D eigenvalue weighted by molar-refractivity contribution is 5.16. The molecule has 1 aromatic rings. The van der Waals surface area contributed by atoms with Crippen molar-refractivity contribution >= 4 is 0 Å². The summed E-state index contributed by atoms with van der Waals surface area (Å²) in [7, 11) is 1.74. The summed E-state index contributed by atoms with van der Waals surface area (Å²) in [4.78, 5) is 0. The van der Waals surface area contributed by atoms with Gasteiger partial charge in [-0.1, -0.05) is 25.5 Å². The van der Waals surface area contributed by atoms with Crippen LogP contribution in [0.3, 0.4) is 0 Å². The van der Waals surface area contributed by atoms with Crippen LogP contribution in [-0.2, 0) is 11.2 Å². The standard InChI is InChI=1S/C17H28FNO/c1-3-10-19-14-16(7-4-5-11-20-2)12-15-8-6-9-17(18)13-15/h6,8-9,13,16,19H,3-5,7,10-12,14H2,1-2H3. The zero-order valence-electron chi connectivity index (χ0n) is 12.8. The third kappa shape index (κ3) is 7.61. The van der Waals surface area contributed by atoms with E-state index in [9.17, 15) is 4.39 Å². The van der Waals surface area contributed by atoms with E-state index in [4.69, 9.17) is 4.74 Å². The average Bonchev–Trinajstić information content (AvgIpc) is 2.43. The number of ether oxygens (including phenoxy) is 1. The second-order valence-electron chi connectivity index (χ2n) is 5.39. The number of benzene rings is 1. The first-order valence-electron chi connectivity index (χ1n) is 7.70. The molecule has 0 radical (unpaired) electrons. The molecule has 1 rings (SSSR count). The molecule has 114 valence electrons. The average molecular weight is 281 g/mol. The highest BCUT2D eigenvalue weighted by Crippen LogP contribution is 2.16. The zero-order valence-corrected chi connectivity index (χ0v) is 12.8. The van der Waals surface area contributed by atoms with Crippen molar-refractivity contribution in [2.45, 2.75) is 39.0 Å². The van der Waals surface area contributed by atoms with Gasteiger partial charge in [-0.15, -0.1) is 0 Å². The number of hydrogen-bond donors (Lipinski definition) is 1. The minimum Gasteiger partial charge on any atom is -0.385 e. The third-order valence-electron chi connectivity index (χ3n) is 3.48. The molecule has 0 bridgehead atoms. The molecule has 0 saturated carbocycles. The van der Waals surface area contributed by atoms with Crippen LogP contribution in [0.25, 0.3) is 0 Å². The Balaban J connectivity index is 2.43. The molecule has 1 N–H and O–H groups in total. The lowest BCUT2D eigenvalue weighted by molar-refractivity contribution is 0.190. The Morgan fingerprint density at radius 1 is 1.30 bits per heavy atom. The van der Waals surface area contributed by atoms with Gasteiger partial charge >= 0.3 is 0 Å². The fraction of sp³-hybridized carbons (Fsp3) is 0.647. The SMILES string of the molecule is CCCNCC(CCCCOC)Cc1cccc(F)c1. The van der Waals surface area contributed by atoms with E-state index < -0.39 is 0 Å². The fourth-order valence-corrected chi connectivity index (χ4v) is 2.44. The van der Waals surface area contributed by atoms with Gasteiger partial charge in [-0.3, -0.25) is 0 Å².